The summed E-state index contributed by atoms with van der Waals surface area (Å²) >= 11 is 0. The first-order valence-electron chi connectivity index (χ1n) is 25.5. The van der Waals surface area contributed by atoms with Crippen LogP contribution in [0.25, 0.3) is 0 Å². The fraction of sp³-hybridized carbons (Fsp3) is 1.00. The third-order valence-electron chi connectivity index (χ3n) is 23.2. The molecule has 3 spiro atoms. The Hall–Kier alpha value is -0.240. The highest BCUT2D eigenvalue weighted by Crippen LogP contribution is 2.78. The number of hydrogen-bond donors (Lipinski definition) is 0. The highest BCUT2D eigenvalue weighted by Gasteiger charge is 2.77. The van der Waals surface area contributed by atoms with Crippen LogP contribution in [0.4, 0.5) is 0 Å². The predicted octanol–water partition coefficient (Wildman–Crippen LogP) is 13.1. The third-order valence-corrected chi connectivity index (χ3v) is 23.2. The van der Waals surface area contributed by atoms with Crippen LogP contribution < -0.4 is 0 Å². The molecule has 0 aromatic heterocycles. The van der Waals surface area contributed by atoms with Crippen LogP contribution >= 0.6 is 0 Å². The molecule has 6 heteroatoms. The lowest BCUT2D eigenvalue weighted by atomic mass is 9.63. The molecule has 6 bridgehead atoms. The highest BCUT2D eigenvalue weighted by atomic mass is 16.8. The molecule has 3 aliphatic heterocycles. The molecule has 0 radical (unpaired) electrons. The Morgan fingerprint density at radius 1 is 0.300 bits per heavy atom. The van der Waals surface area contributed by atoms with E-state index in [2.05, 4.69) is 125 Å². The average Bonchev–Trinajstić information content (AvgIpc) is 3.94. The second-order valence-electron chi connectivity index (χ2n) is 28.0. The molecule has 18 atom stereocenters. The van der Waals surface area contributed by atoms with Crippen LogP contribution in [0.2, 0.25) is 0 Å². The number of hydrogen-bond acceptors (Lipinski definition) is 6. The number of fused-ring (bicyclic) bond motifs is 9. The molecule has 9 saturated carbocycles. The van der Waals surface area contributed by atoms with Crippen LogP contribution in [0.3, 0.4) is 0 Å². The zero-order valence-electron chi connectivity index (χ0n) is 41.9. The van der Waals surface area contributed by atoms with Gasteiger partial charge in [-0.05, 0) is 225 Å². The lowest BCUT2D eigenvalue weighted by Gasteiger charge is -2.47. The molecule has 0 unspecified atom stereocenters. The van der Waals surface area contributed by atoms with Crippen LogP contribution in [-0.2, 0) is 28.4 Å². The van der Waals surface area contributed by atoms with E-state index in [1.807, 2.05) is 0 Å². The van der Waals surface area contributed by atoms with Gasteiger partial charge in [0.15, 0.2) is 17.4 Å². The molecule has 12 rings (SSSR count). The molecule has 0 amide bonds. The Morgan fingerprint density at radius 2 is 0.533 bits per heavy atom. The SMILES string of the molecule is C[C@@H]1CC[C@H]2C(C)(C)[C@H]3C[C@@]12C[C@@H]1OC(C)(C)O[C@]13C.C[C@@H]1CC[C@H]2C(C)(C)[C@H]3C[C@@]12C[C@H]1OC(C)(C)O[C@@]31C.C[C@@H]1CC[C@H]2C(C)(C)[C@H]3C[C@@]12C[C@H]1OC(C)(C)O[C@]31C. The number of ether oxygens (including phenoxy) is 6. The molecular weight excluding hydrogens is 745 g/mol. The monoisotopic (exact) mass is 835 g/mol. The Bertz CT molecular complexity index is 1560. The van der Waals surface area contributed by atoms with Gasteiger partial charge in [0, 0.05) is 0 Å². The fourth-order valence-corrected chi connectivity index (χ4v) is 21.0. The van der Waals surface area contributed by atoms with Crippen LogP contribution in [0.5, 0.6) is 0 Å². The molecule has 3 heterocycles. The van der Waals surface area contributed by atoms with Crippen molar-refractivity contribution in [2.45, 2.75) is 254 Å². The first kappa shape index (κ1) is 43.6. The summed E-state index contributed by atoms with van der Waals surface area (Å²) in [5, 5.41) is 0. The zero-order valence-corrected chi connectivity index (χ0v) is 41.9. The summed E-state index contributed by atoms with van der Waals surface area (Å²) in [7, 11) is 0. The number of rotatable bonds is 0. The summed E-state index contributed by atoms with van der Waals surface area (Å²) in [6, 6.07) is 0. The molecule has 6 nitrogen and oxygen atoms in total. The molecule has 0 aromatic rings. The van der Waals surface area contributed by atoms with Gasteiger partial charge in [-0.1, -0.05) is 62.3 Å². The van der Waals surface area contributed by atoms with E-state index in [1.54, 1.807) is 0 Å². The van der Waals surface area contributed by atoms with Crippen LogP contribution in [0.1, 0.15) is 202 Å². The van der Waals surface area contributed by atoms with Gasteiger partial charge in [0.25, 0.3) is 0 Å². The maximum atomic E-state index is 6.48. The van der Waals surface area contributed by atoms with Gasteiger partial charge in [0.2, 0.25) is 0 Å². The summed E-state index contributed by atoms with van der Waals surface area (Å²) < 4.78 is 38.5. The molecule has 3 saturated heterocycles. The predicted molar refractivity (Wildman–Crippen MR) is 238 cm³/mol. The van der Waals surface area contributed by atoms with E-state index in [0.29, 0.717) is 68.6 Å². The molecule has 342 valence electrons. The van der Waals surface area contributed by atoms with Crippen molar-refractivity contribution in [2.24, 2.45) is 85.8 Å². The topological polar surface area (TPSA) is 55.4 Å². The van der Waals surface area contributed by atoms with Gasteiger partial charge in [-0.25, -0.2) is 0 Å². The summed E-state index contributed by atoms with van der Waals surface area (Å²) in [5.74, 6) is 5.87. The quantitative estimate of drug-likeness (QED) is 0.242. The van der Waals surface area contributed by atoms with E-state index in [9.17, 15) is 0 Å². The van der Waals surface area contributed by atoms with Gasteiger partial charge < -0.3 is 28.4 Å². The van der Waals surface area contributed by atoms with Gasteiger partial charge in [0.05, 0.1) is 35.1 Å². The van der Waals surface area contributed by atoms with Crippen LogP contribution in [0, 0.1) is 85.8 Å². The fourth-order valence-electron chi connectivity index (χ4n) is 21.0. The van der Waals surface area contributed by atoms with E-state index in [-0.39, 0.29) is 16.8 Å². The van der Waals surface area contributed by atoms with Gasteiger partial charge >= 0.3 is 0 Å². The minimum absolute atomic E-state index is 0.0810. The molecule has 0 N–H and O–H groups in total. The Morgan fingerprint density at radius 3 is 0.767 bits per heavy atom. The largest absolute Gasteiger partial charge is 0.344 e. The minimum atomic E-state index is -0.409. The van der Waals surface area contributed by atoms with Crippen molar-refractivity contribution in [2.75, 3.05) is 0 Å². The summed E-state index contributed by atoms with van der Waals surface area (Å²) in [6.45, 7) is 42.0. The second kappa shape index (κ2) is 12.4. The van der Waals surface area contributed by atoms with E-state index < -0.39 is 17.4 Å². The lowest BCUT2D eigenvalue weighted by Crippen LogP contribution is -2.52. The maximum Gasteiger partial charge on any atom is 0.164 e. The standard InChI is InChI=1S/3C18H30O2/c3*1-11-7-8-12-15(2,3)13-9-18(11,12)10-14-17(13,6)20-16(4,5)19-14/h3*11-14H,7-10H2,1-6H3/t11-,12+,13-,14+,17+,18-;11-,12+,13-,14-,17+,18-;11-,12+,13-,14-,17-,18-/m111/s1. The van der Waals surface area contributed by atoms with Gasteiger partial charge in [-0.15, -0.1) is 0 Å². The molecule has 60 heavy (non-hydrogen) atoms. The normalized spacial score (nSPS) is 58.5. The van der Waals surface area contributed by atoms with Gasteiger partial charge in [0.1, 0.15) is 0 Å². The van der Waals surface area contributed by atoms with Crippen molar-refractivity contribution < 1.29 is 28.4 Å². The Kier molecular flexibility index (Phi) is 9.02. The molecule has 9 aliphatic carbocycles. The van der Waals surface area contributed by atoms with E-state index in [4.69, 9.17) is 28.4 Å². The van der Waals surface area contributed by atoms with Gasteiger partial charge in [-0.3, -0.25) is 0 Å². The van der Waals surface area contributed by atoms with Crippen molar-refractivity contribution in [3.63, 3.8) is 0 Å². The Labute approximate surface area is 367 Å². The van der Waals surface area contributed by atoms with Crippen molar-refractivity contribution in [3.05, 3.63) is 0 Å². The summed E-state index contributed by atoms with van der Waals surface area (Å²) in [4.78, 5) is 0. The summed E-state index contributed by atoms with van der Waals surface area (Å²) in [5.41, 5.74) is 2.51. The van der Waals surface area contributed by atoms with E-state index in [0.717, 1.165) is 35.5 Å². The van der Waals surface area contributed by atoms with E-state index >= 15 is 0 Å². The van der Waals surface area contributed by atoms with Crippen molar-refractivity contribution in [3.8, 4) is 0 Å². The van der Waals surface area contributed by atoms with Crippen molar-refractivity contribution in [1.29, 1.82) is 0 Å². The molecule has 12 fully saturated rings. The Balaban J connectivity index is 0.000000108. The average molecular weight is 835 g/mol. The first-order valence-corrected chi connectivity index (χ1v) is 25.5. The molecular formula is C54H90O6. The second-order valence-corrected chi connectivity index (χ2v) is 28.0. The van der Waals surface area contributed by atoms with Crippen LogP contribution in [0.15, 0.2) is 0 Å². The zero-order chi connectivity index (χ0) is 43.7. The van der Waals surface area contributed by atoms with Gasteiger partial charge in [-0.2, -0.15) is 0 Å². The van der Waals surface area contributed by atoms with Crippen molar-refractivity contribution >= 4 is 0 Å². The van der Waals surface area contributed by atoms with E-state index in [1.165, 1.54) is 77.0 Å². The highest BCUT2D eigenvalue weighted by molar-refractivity contribution is 5.24. The molecule has 12 aliphatic rings. The maximum absolute atomic E-state index is 6.48. The summed E-state index contributed by atoms with van der Waals surface area (Å²) in [6.07, 6.45) is 17.1. The van der Waals surface area contributed by atoms with Crippen LogP contribution in [-0.4, -0.2) is 52.5 Å². The minimum Gasteiger partial charge on any atom is -0.344 e. The third kappa shape index (κ3) is 5.39. The smallest absolute Gasteiger partial charge is 0.164 e. The first-order chi connectivity index (χ1) is 27.4. The van der Waals surface area contributed by atoms with Crippen molar-refractivity contribution in [1.82, 2.24) is 0 Å². The molecule has 0 aromatic carbocycles. The lowest BCUT2D eigenvalue weighted by molar-refractivity contribution is -0.177.